The van der Waals surface area contributed by atoms with E-state index in [4.69, 9.17) is 9.72 Å². The number of carbonyl (C=O) groups excluding carboxylic acids is 1. The molecule has 0 saturated carbocycles. The first-order chi connectivity index (χ1) is 18.1. The van der Waals surface area contributed by atoms with Crippen LogP contribution in [0, 0.1) is 0 Å². The third-order valence-electron chi connectivity index (χ3n) is 6.82. The van der Waals surface area contributed by atoms with Gasteiger partial charge in [0.05, 0.1) is 23.4 Å². The summed E-state index contributed by atoms with van der Waals surface area (Å²) in [5, 5.41) is 18.4. The third kappa shape index (κ3) is 4.80. The predicted octanol–water partition coefficient (Wildman–Crippen LogP) is 3.09. The number of benzene rings is 2. The van der Waals surface area contributed by atoms with Crippen molar-refractivity contribution in [2.75, 3.05) is 19.7 Å². The minimum absolute atomic E-state index is 0.0442. The van der Waals surface area contributed by atoms with Gasteiger partial charge in [0.1, 0.15) is 11.6 Å². The number of pyridine rings is 1. The fourth-order valence-electron chi connectivity index (χ4n) is 4.78. The van der Waals surface area contributed by atoms with Crippen molar-refractivity contribution in [2.45, 2.75) is 24.7 Å². The van der Waals surface area contributed by atoms with Crippen LogP contribution >= 0.6 is 0 Å². The number of nitrogens with zero attached hydrogens (tertiary/aromatic N) is 4. The van der Waals surface area contributed by atoms with E-state index in [1.54, 1.807) is 18.5 Å². The summed E-state index contributed by atoms with van der Waals surface area (Å²) < 4.78 is 5.98. The third-order valence-corrected chi connectivity index (χ3v) is 6.82. The lowest BCUT2D eigenvalue weighted by Crippen LogP contribution is -2.26. The van der Waals surface area contributed by atoms with Crippen molar-refractivity contribution in [2.24, 2.45) is 5.10 Å². The Morgan fingerprint density at radius 2 is 2.11 bits per heavy atom. The lowest BCUT2D eigenvalue weighted by Gasteiger charge is -2.25. The zero-order valence-corrected chi connectivity index (χ0v) is 20.1. The molecule has 0 radical (unpaired) electrons. The van der Waals surface area contributed by atoms with Gasteiger partial charge in [0, 0.05) is 43.2 Å². The standard InChI is InChI=1S/C28H26N6O3/c35-27(30-9-7-17-2-1-8-29-13-17)19-4-6-25-20(10-19)11-21(16-37-25)26-33-24-5-3-18(22-14-31-32-15-22)12-23(24)28(36)34-26/h1-6,8,10,12-14,21-22,32H,7,9,11,15-16H2,(H,30,35)(H,33,34,36). The minimum atomic E-state index is -0.141. The SMILES string of the molecule is O=C(NCCc1cccnc1)c1ccc2c(c1)CC(c1nc(O)c3cc(C4C=NNC4)ccc3n1)CO2. The van der Waals surface area contributed by atoms with Gasteiger partial charge in [-0.3, -0.25) is 9.78 Å². The van der Waals surface area contributed by atoms with Crippen molar-refractivity contribution in [1.82, 2.24) is 25.7 Å². The van der Waals surface area contributed by atoms with Gasteiger partial charge >= 0.3 is 0 Å². The van der Waals surface area contributed by atoms with Crippen LogP contribution in [0.25, 0.3) is 10.9 Å². The van der Waals surface area contributed by atoms with Crippen LogP contribution in [-0.4, -0.2) is 51.9 Å². The van der Waals surface area contributed by atoms with E-state index in [9.17, 15) is 9.90 Å². The lowest BCUT2D eigenvalue weighted by molar-refractivity contribution is 0.0954. The monoisotopic (exact) mass is 494 g/mol. The van der Waals surface area contributed by atoms with Gasteiger partial charge in [-0.15, -0.1) is 0 Å². The van der Waals surface area contributed by atoms with Gasteiger partial charge in [-0.2, -0.15) is 10.1 Å². The van der Waals surface area contributed by atoms with Crippen molar-refractivity contribution in [3.05, 3.63) is 89.0 Å². The van der Waals surface area contributed by atoms with E-state index in [1.165, 1.54) is 0 Å². The summed E-state index contributed by atoms with van der Waals surface area (Å²) in [7, 11) is 0. The number of aromatic hydroxyl groups is 1. The zero-order valence-electron chi connectivity index (χ0n) is 20.1. The highest BCUT2D eigenvalue weighted by Gasteiger charge is 2.26. The summed E-state index contributed by atoms with van der Waals surface area (Å²) in [5.74, 6) is 1.12. The summed E-state index contributed by atoms with van der Waals surface area (Å²) in [5.41, 5.74) is 7.26. The Morgan fingerprint density at radius 1 is 1.16 bits per heavy atom. The second-order valence-electron chi connectivity index (χ2n) is 9.33. The normalized spacial score (nSPS) is 18.2. The van der Waals surface area contributed by atoms with Gasteiger partial charge in [-0.1, -0.05) is 12.1 Å². The number of ether oxygens (including phenoxy) is 1. The smallest absolute Gasteiger partial charge is 0.251 e. The number of carbonyl (C=O) groups is 1. The summed E-state index contributed by atoms with van der Waals surface area (Å²) in [4.78, 5) is 26.0. The van der Waals surface area contributed by atoms with Crippen LogP contribution in [0.15, 0.2) is 66.0 Å². The van der Waals surface area contributed by atoms with Crippen LogP contribution < -0.4 is 15.5 Å². The Bertz CT molecular complexity index is 1490. The van der Waals surface area contributed by atoms with Crippen molar-refractivity contribution < 1.29 is 14.6 Å². The molecule has 186 valence electrons. The van der Waals surface area contributed by atoms with Gasteiger partial charge in [-0.05, 0) is 65.9 Å². The summed E-state index contributed by atoms with van der Waals surface area (Å²) in [6, 6.07) is 15.2. The first kappa shape index (κ1) is 22.9. The van der Waals surface area contributed by atoms with E-state index in [1.807, 2.05) is 48.7 Å². The van der Waals surface area contributed by atoms with Crippen molar-refractivity contribution >= 4 is 23.0 Å². The van der Waals surface area contributed by atoms with Crippen LogP contribution in [0.3, 0.4) is 0 Å². The van der Waals surface area contributed by atoms with Gasteiger partial charge in [0.2, 0.25) is 5.88 Å². The molecule has 6 rings (SSSR count). The molecule has 2 atom stereocenters. The van der Waals surface area contributed by atoms with Gasteiger partial charge in [0.25, 0.3) is 5.91 Å². The molecular formula is C28H26N6O3. The number of hydrazone groups is 1. The molecule has 9 heteroatoms. The van der Waals surface area contributed by atoms with Crippen molar-refractivity contribution in [3.8, 4) is 11.6 Å². The fourth-order valence-corrected chi connectivity index (χ4v) is 4.78. The van der Waals surface area contributed by atoms with Crippen LogP contribution in [0.5, 0.6) is 11.6 Å². The lowest BCUT2D eigenvalue weighted by atomic mass is 9.94. The van der Waals surface area contributed by atoms with Gasteiger partial charge in [-0.25, -0.2) is 4.98 Å². The molecule has 2 aromatic carbocycles. The number of hydrogen-bond acceptors (Lipinski definition) is 8. The Kier molecular flexibility index (Phi) is 6.10. The second kappa shape index (κ2) is 9.85. The fraction of sp³-hybridized carbons (Fsp3) is 0.250. The molecular weight excluding hydrogens is 468 g/mol. The molecule has 2 aliphatic heterocycles. The molecule has 0 bridgehead atoms. The molecule has 9 nitrogen and oxygen atoms in total. The van der Waals surface area contributed by atoms with E-state index >= 15 is 0 Å². The highest BCUT2D eigenvalue weighted by atomic mass is 16.5. The average molecular weight is 495 g/mol. The first-order valence-corrected chi connectivity index (χ1v) is 12.3. The van der Waals surface area contributed by atoms with E-state index in [0.29, 0.717) is 48.3 Å². The molecule has 2 aliphatic rings. The van der Waals surface area contributed by atoms with Crippen molar-refractivity contribution in [1.29, 1.82) is 0 Å². The maximum Gasteiger partial charge on any atom is 0.251 e. The van der Waals surface area contributed by atoms with E-state index in [2.05, 4.69) is 25.8 Å². The Balaban J connectivity index is 1.17. The number of fused-ring (bicyclic) bond motifs is 2. The largest absolute Gasteiger partial charge is 0.493 e. The molecule has 3 N–H and O–H groups in total. The van der Waals surface area contributed by atoms with E-state index in [-0.39, 0.29) is 23.6 Å². The molecule has 2 unspecified atom stereocenters. The van der Waals surface area contributed by atoms with Crippen molar-refractivity contribution in [3.63, 3.8) is 0 Å². The minimum Gasteiger partial charge on any atom is -0.493 e. The molecule has 0 aliphatic carbocycles. The quantitative estimate of drug-likeness (QED) is 0.377. The maximum absolute atomic E-state index is 12.7. The average Bonchev–Trinajstić information content (AvgIpc) is 3.48. The molecule has 2 aromatic heterocycles. The highest BCUT2D eigenvalue weighted by molar-refractivity contribution is 5.94. The number of hydrogen-bond donors (Lipinski definition) is 3. The van der Waals surface area contributed by atoms with Gasteiger partial charge < -0.3 is 20.6 Å². The molecule has 4 aromatic rings. The number of nitrogens with one attached hydrogen (secondary N) is 2. The molecule has 0 saturated heterocycles. The maximum atomic E-state index is 12.7. The topological polar surface area (TPSA) is 122 Å². The molecule has 1 amide bonds. The van der Waals surface area contributed by atoms with E-state index < -0.39 is 0 Å². The van der Waals surface area contributed by atoms with Crippen LogP contribution in [0.1, 0.15) is 44.7 Å². The van der Waals surface area contributed by atoms with Gasteiger partial charge in [0.15, 0.2) is 0 Å². The van der Waals surface area contributed by atoms with Crippen LogP contribution in [-0.2, 0) is 12.8 Å². The Labute approximate surface area is 213 Å². The Morgan fingerprint density at radius 3 is 2.95 bits per heavy atom. The highest BCUT2D eigenvalue weighted by Crippen LogP contribution is 2.34. The number of amides is 1. The number of aromatic nitrogens is 3. The summed E-state index contributed by atoms with van der Waals surface area (Å²) in [6.45, 7) is 1.65. The first-order valence-electron chi connectivity index (χ1n) is 12.3. The van der Waals surface area contributed by atoms with E-state index in [0.717, 1.165) is 29.0 Å². The molecule has 4 heterocycles. The molecule has 0 fully saturated rings. The summed E-state index contributed by atoms with van der Waals surface area (Å²) >= 11 is 0. The molecule has 0 spiro atoms. The predicted molar refractivity (Wildman–Crippen MR) is 139 cm³/mol. The van der Waals surface area contributed by atoms with Crippen LogP contribution in [0.4, 0.5) is 0 Å². The zero-order chi connectivity index (χ0) is 25.2. The van der Waals surface area contributed by atoms with Crippen LogP contribution in [0.2, 0.25) is 0 Å². The second-order valence-corrected chi connectivity index (χ2v) is 9.33. The molecule has 37 heavy (non-hydrogen) atoms. The summed E-state index contributed by atoms with van der Waals surface area (Å²) in [6.07, 6.45) is 6.72. The number of rotatable bonds is 6. The Hall–Kier alpha value is -4.53.